The van der Waals surface area contributed by atoms with E-state index >= 15 is 0 Å². The van der Waals surface area contributed by atoms with Crippen molar-refractivity contribution in [3.8, 4) is 12.3 Å². The van der Waals surface area contributed by atoms with Crippen LogP contribution in [0.3, 0.4) is 0 Å². The fourth-order valence-electron chi connectivity index (χ4n) is 0.928. The van der Waals surface area contributed by atoms with Crippen molar-refractivity contribution in [1.29, 1.82) is 0 Å². The minimum absolute atomic E-state index is 0.263. The summed E-state index contributed by atoms with van der Waals surface area (Å²) in [6.07, 6.45) is 4.20. The Labute approximate surface area is 105 Å². The fourth-order valence-corrected chi connectivity index (χ4v) is 1.51. The van der Waals surface area contributed by atoms with Gasteiger partial charge in [0.25, 0.3) is 11.1 Å². The molecular formula is C10H7F2NO4S. The molecule has 1 N–H and O–H groups in total. The molecule has 0 atom stereocenters. The quantitative estimate of drug-likeness (QED) is 0.363. The average Bonchev–Trinajstić information content (AvgIpc) is 2.62. The van der Waals surface area contributed by atoms with Crippen LogP contribution >= 0.6 is 11.8 Å². The normalized spacial score (nSPS) is 17.5. The highest BCUT2D eigenvalue weighted by Crippen LogP contribution is 2.25. The summed E-state index contributed by atoms with van der Waals surface area (Å²) in [5, 5.41) is 1.21. The number of carbonyl (C=O) groups excluding carboxylic acids is 3. The van der Waals surface area contributed by atoms with Crippen LogP contribution in [0.2, 0.25) is 0 Å². The number of carbonyl (C=O) groups is 3. The smallest absolute Gasteiger partial charge is 0.381 e. The highest BCUT2D eigenvalue weighted by atomic mass is 32.2. The zero-order valence-corrected chi connectivity index (χ0v) is 9.68. The van der Waals surface area contributed by atoms with Gasteiger partial charge in [-0.3, -0.25) is 14.9 Å². The zero-order valence-electron chi connectivity index (χ0n) is 8.87. The van der Waals surface area contributed by atoms with Gasteiger partial charge in [0.15, 0.2) is 0 Å². The first-order valence-electron chi connectivity index (χ1n) is 4.62. The Balaban J connectivity index is 2.61. The molecule has 1 aliphatic heterocycles. The molecule has 8 heteroatoms. The van der Waals surface area contributed by atoms with Gasteiger partial charge in [-0.25, -0.2) is 4.79 Å². The highest BCUT2D eigenvalue weighted by molar-refractivity contribution is 8.18. The molecule has 0 bridgehead atoms. The molecule has 1 heterocycles. The van der Waals surface area contributed by atoms with E-state index in [1.54, 1.807) is 0 Å². The summed E-state index contributed by atoms with van der Waals surface area (Å²) < 4.78 is 30.3. The van der Waals surface area contributed by atoms with Gasteiger partial charge in [-0.2, -0.15) is 8.78 Å². The van der Waals surface area contributed by atoms with Gasteiger partial charge in [-0.05, 0) is 11.8 Å². The van der Waals surface area contributed by atoms with Crippen LogP contribution < -0.4 is 5.32 Å². The number of halogens is 2. The second-order valence-electron chi connectivity index (χ2n) is 3.14. The number of thioether (sulfide) groups is 1. The molecule has 0 aromatic rings. The third-order valence-electron chi connectivity index (χ3n) is 1.80. The van der Waals surface area contributed by atoms with Crippen molar-refractivity contribution in [3.63, 3.8) is 0 Å². The number of hydrogen-bond donors (Lipinski definition) is 1. The summed E-state index contributed by atoms with van der Waals surface area (Å²) >= 11 is 0.451. The SMILES string of the molecule is C#CCCC(F)(F)C(=O)O/C=C1/SC(=O)NC1=O. The lowest BCUT2D eigenvalue weighted by Crippen LogP contribution is -2.29. The molecule has 1 fully saturated rings. The van der Waals surface area contributed by atoms with Crippen LogP contribution in [-0.2, 0) is 14.3 Å². The lowest BCUT2D eigenvalue weighted by atomic mass is 10.2. The van der Waals surface area contributed by atoms with Crippen molar-refractivity contribution in [2.75, 3.05) is 0 Å². The van der Waals surface area contributed by atoms with Gasteiger partial charge in [-0.15, -0.1) is 12.3 Å². The molecule has 18 heavy (non-hydrogen) atoms. The Morgan fingerprint density at radius 1 is 1.56 bits per heavy atom. The monoisotopic (exact) mass is 275 g/mol. The minimum atomic E-state index is -3.73. The number of rotatable bonds is 4. The second-order valence-corrected chi connectivity index (χ2v) is 4.15. The van der Waals surface area contributed by atoms with Gasteiger partial charge < -0.3 is 4.74 Å². The van der Waals surface area contributed by atoms with Gasteiger partial charge in [0.2, 0.25) is 0 Å². The van der Waals surface area contributed by atoms with E-state index in [-0.39, 0.29) is 11.3 Å². The Morgan fingerprint density at radius 2 is 2.22 bits per heavy atom. The van der Waals surface area contributed by atoms with Crippen molar-refractivity contribution in [2.45, 2.75) is 18.8 Å². The molecule has 0 aliphatic carbocycles. The first kappa shape index (κ1) is 14.2. The van der Waals surface area contributed by atoms with Crippen LogP contribution in [0.1, 0.15) is 12.8 Å². The van der Waals surface area contributed by atoms with Gasteiger partial charge in [0.1, 0.15) is 11.2 Å². The molecule has 2 amide bonds. The van der Waals surface area contributed by atoms with E-state index in [9.17, 15) is 23.2 Å². The number of esters is 1. The predicted molar refractivity (Wildman–Crippen MR) is 58.3 cm³/mol. The van der Waals surface area contributed by atoms with Crippen LogP contribution in [0.4, 0.5) is 13.6 Å². The van der Waals surface area contributed by atoms with Gasteiger partial charge >= 0.3 is 11.9 Å². The molecule has 0 radical (unpaired) electrons. The van der Waals surface area contributed by atoms with Crippen molar-refractivity contribution >= 4 is 28.9 Å². The van der Waals surface area contributed by atoms with Crippen molar-refractivity contribution in [2.24, 2.45) is 0 Å². The molecule has 0 unspecified atom stereocenters. The average molecular weight is 275 g/mol. The van der Waals surface area contributed by atoms with Crippen LogP contribution in [-0.4, -0.2) is 23.0 Å². The van der Waals surface area contributed by atoms with Gasteiger partial charge in [0, 0.05) is 12.8 Å². The van der Waals surface area contributed by atoms with Crippen molar-refractivity contribution < 1.29 is 27.9 Å². The van der Waals surface area contributed by atoms with E-state index in [0.29, 0.717) is 18.0 Å². The maximum atomic E-state index is 13.1. The molecule has 0 aromatic heterocycles. The largest absolute Gasteiger partial charge is 0.429 e. The Bertz CT molecular complexity index is 467. The molecule has 96 valence electrons. The predicted octanol–water partition coefficient (Wildman–Crippen LogP) is 1.40. The molecule has 0 spiro atoms. The van der Waals surface area contributed by atoms with E-state index < -0.39 is 29.5 Å². The maximum absolute atomic E-state index is 13.1. The van der Waals surface area contributed by atoms with E-state index in [2.05, 4.69) is 4.74 Å². The fraction of sp³-hybridized carbons (Fsp3) is 0.300. The lowest BCUT2D eigenvalue weighted by Gasteiger charge is -2.11. The molecule has 1 rings (SSSR count). The van der Waals surface area contributed by atoms with Crippen molar-refractivity contribution in [3.05, 3.63) is 11.2 Å². The molecule has 1 saturated heterocycles. The molecule has 0 saturated carbocycles. The standard InChI is InChI=1S/C10H7F2NO4S/c1-2-3-4-10(11,12)8(15)17-5-6-7(14)13-9(16)18-6/h1,5H,3-4H2,(H,13,14,16)/b6-5+. The number of ether oxygens (including phenoxy) is 1. The maximum Gasteiger partial charge on any atom is 0.381 e. The van der Waals surface area contributed by atoms with Crippen LogP contribution in [0.15, 0.2) is 11.2 Å². The molecule has 5 nitrogen and oxygen atoms in total. The summed E-state index contributed by atoms with van der Waals surface area (Å²) in [7, 11) is 0. The number of hydrogen-bond acceptors (Lipinski definition) is 5. The van der Waals surface area contributed by atoms with Gasteiger partial charge in [-0.1, -0.05) is 0 Å². The third kappa shape index (κ3) is 3.56. The Kier molecular flexibility index (Phi) is 4.44. The number of terminal acetylenes is 1. The number of alkyl halides is 2. The summed E-state index contributed by atoms with van der Waals surface area (Å²) in [6.45, 7) is 0. The number of amides is 2. The molecule has 0 aromatic carbocycles. The van der Waals surface area contributed by atoms with Crippen molar-refractivity contribution in [1.82, 2.24) is 5.32 Å². The van der Waals surface area contributed by atoms with Crippen LogP contribution in [0.5, 0.6) is 0 Å². The Morgan fingerprint density at radius 3 is 2.72 bits per heavy atom. The zero-order chi connectivity index (χ0) is 13.8. The van der Waals surface area contributed by atoms with Crippen LogP contribution in [0, 0.1) is 12.3 Å². The summed E-state index contributed by atoms with van der Waals surface area (Å²) in [6, 6.07) is 0. The summed E-state index contributed by atoms with van der Waals surface area (Å²) in [5.41, 5.74) is 0. The number of nitrogens with one attached hydrogen (secondary N) is 1. The topological polar surface area (TPSA) is 72.5 Å². The Hall–Kier alpha value is -1.88. The first-order valence-corrected chi connectivity index (χ1v) is 5.44. The van der Waals surface area contributed by atoms with Crippen LogP contribution in [0.25, 0.3) is 0 Å². The lowest BCUT2D eigenvalue weighted by molar-refractivity contribution is -0.166. The second kappa shape index (κ2) is 5.64. The van der Waals surface area contributed by atoms with E-state index in [1.807, 2.05) is 11.2 Å². The van der Waals surface area contributed by atoms with Gasteiger partial charge in [0.05, 0.1) is 0 Å². The summed E-state index contributed by atoms with van der Waals surface area (Å²) in [5.74, 6) is -4.38. The van der Waals surface area contributed by atoms with E-state index in [1.165, 1.54) is 0 Å². The third-order valence-corrected chi connectivity index (χ3v) is 2.59. The van der Waals surface area contributed by atoms with E-state index in [0.717, 1.165) is 0 Å². The highest BCUT2D eigenvalue weighted by Gasteiger charge is 2.40. The molecular weight excluding hydrogens is 268 g/mol. The molecule has 1 aliphatic rings. The minimum Gasteiger partial charge on any atom is -0.429 e. The number of imide groups is 1. The first-order chi connectivity index (χ1) is 8.36. The summed E-state index contributed by atoms with van der Waals surface area (Å²) in [4.78, 5) is 32.5. The van der Waals surface area contributed by atoms with E-state index in [4.69, 9.17) is 6.42 Å².